The minimum atomic E-state index is -4.43. The third-order valence-electron chi connectivity index (χ3n) is 9.81. The van der Waals surface area contributed by atoms with Crippen LogP contribution in [0.2, 0.25) is 0 Å². The Morgan fingerprint density at radius 2 is 1.95 bits per heavy atom. The zero-order chi connectivity index (χ0) is 30.0. The van der Waals surface area contributed by atoms with E-state index in [-0.39, 0.29) is 29.7 Å². The second-order valence-electron chi connectivity index (χ2n) is 12.6. The minimum absolute atomic E-state index is 0.0366. The smallest absolute Gasteiger partial charge is 0.416 e. The molecule has 1 amide bonds. The molecule has 42 heavy (non-hydrogen) atoms. The molecule has 2 N–H and O–H groups in total. The molecule has 4 aliphatic rings. The molecule has 2 aliphatic heterocycles. The van der Waals surface area contributed by atoms with Crippen molar-refractivity contribution in [1.82, 2.24) is 9.80 Å². The van der Waals surface area contributed by atoms with Gasteiger partial charge in [-0.2, -0.15) is 13.2 Å². The van der Waals surface area contributed by atoms with E-state index in [9.17, 15) is 28.2 Å². The average Bonchev–Trinajstić information content (AvgIpc) is 3.29. The van der Waals surface area contributed by atoms with E-state index in [1.54, 1.807) is 11.0 Å². The summed E-state index contributed by atoms with van der Waals surface area (Å²) in [4.78, 5) is 17.9. The van der Waals surface area contributed by atoms with E-state index in [0.717, 1.165) is 29.8 Å². The summed E-state index contributed by atoms with van der Waals surface area (Å²) in [5.41, 5.74) is -0.214. The van der Waals surface area contributed by atoms with E-state index in [4.69, 9.17) is 4.74 Å². The van der Waals surface area contributed by atoms with Crippen molar-refractivity contribution in [2.24, 2.45) is 5.92 Å². The summed E-state index contributed by atoms with van der Waals surface area (Å²) in [5, 5.41) is 23.5. The second kappa shape index (κ2) is 10.2. The van der Waals surface area contributed by atoms with Gasteiger partial charge in [0.2, 0.25) is 5.91 Å². The first-order valence-electron chi connectivity index (χ1n) is 14.7. The highest BCUT2D eigenvalue weighted by Crippen LogP contribution is 2.65. The molecule has 224 valence electrons. The van der Waals surface area contributed by atoms with E-state index in [0.29, 0.717) is 50.1 Å². The van der Waals surface area contributed by atoms with E-state index < -0.39 is 28.9 Å². The topological polar surface area (TPSA) is 73.2 Å². The number of piperidine rings is 1. The fraction of sp³-hybridized carbons (Fsp3) is 0.485. The summed E-state index contributed by atoms with van der Waals surface area (Å²) in [6, 6.07) is 7.76. The van der Waals surface area contributed by atoms with Gasteiger partial charge in [-0.1, -0.05) is 38.1 Å². The maximum Gasteiger partial charge on any atom is 0.416 e. The van der Waals surface area contributed by atoms with Crippen LogP contribution in [0.1, 0.15) is 55.4 Å². The SMILES string of the molecule is C=CCN1CC[C@]23c4c5ccc(O)c4O[C@H]2[C@H](N(CC(C)C)C(=O)C=Cc2ccc(C(F)(F)F)cc2)CC[C@@]3(O)[C@H]1C5. The van der Waals surface area contributed by atoms with Crippen LogP contribution in [0.3, 0.4) is 0 Å². The van der Waals surface area contributed by atoms with Gasteiger partial charge in [-0.15, -0.1) is 6.58 Å². The lowest BCUT2D eigenvalue weighted by Crippen LogP contribution is -2.78. The van der Waals surface area contributed by atoms with E-state index in [2.05, 4.69) is 11.5 Å². The number of benzene rings is 2. The number of hydrogen-bond donors (Lipinski definition) is 2. The summed E-state index contributed by atoms with van der Waals surface area (Å²) in [6.07, 6.45) is 2.04. The number of rotatable bonds is 7. The van der Waals surface area contributed by atoms with Gasteiger partial charge in [-0.3, -0.25) is 9.69 Å². The number of hydrogen-bond acceptors (Lipinski definition) is 5. The van der Waals surface area contributed by atoms with Crippen LogP contribution >= 0.6 is 0 Å². The van der Waals surface area contributed by atoms with Crippen molar-refractivity contribution in [3.8, 4) is 11.5 Å². The number of carbonyl (C=O) groups is 1. The number of aliphatic hydroxyl groups is 1. The maximum absolute atomic E-state index is 13.8. The van der Waals surface area contributed by atoms with Crippen LogP contribution in [-0.4, -0.2) is 69.3 Å². The van der Waals surface area contributed by atoms with E-state index in [1.165, 1.54) is 24.3 Å². The van der Waals surface area contributed by atoms with Crippen molar-refractivity contribution in [1.29, 1.82) is 0 Å². The number of halogens is 3. The average molecular weight is 583 g/mol. The first-order valence-corrected chi connectivity index (χ1v) is 14.7. The van der Waals surface area contributed by atoms with Gasteiger partial charge in [0.1, 0.15) is 6.10 Å². The molecule has 1 saturated carbocycles. The molecule has 6 nitrogen and oxygen atoms in total. The van der Waals surface area contributed by atoms with Gasteiger partial charge in [0.05, 0.1) is 22.6 Å². The first kappa shape index (κ1) is 28.8. The molecule has 9 heteroatoms. The Kier molecular flexibility index (Phi) is 6.97. The number of carbonyl (C=O) groups excluding carboxylic acids is 1. The lowest BCUT2D eigenvalue weighted by molar-refractivity contribution is -0.199. The predicted molar refractivity (Wildman–Crippen MR) is 153 cm³/mol. The van der Waals surface area contributed by atoms with Gasteiger partial charge in [-0.25, -0.2) is 0 Å². The molecule has 0 unspecified atom stereocenters. The van der Waals surface area contributed by atoms with Gasteiger partial charge >= 0.3 is 6.18 Å². The van der Waals surface area contributed by atoms with Crippen LogP contribution in [0.4, 0.5) is 13.2 Å². The Balaban J connectivity index is 1.37. The predicted octanol–water partition coefficient (Wildman–Crippen LogP) is 5.32. The number of amides is 1. The molecule has 2 aliphatic carbocycles. The normalized spacial score (nSPS) is 29.8. The van der Waals surface area contributed by atoms with Gasteiger partial charge in [0, 0.05) is 30.8 Å². The molecule has 6 rings (SSSR count). The Bertz CT molecular complexity index is 1420. The third kappa shape index (κ3) is 4.27. The number of likely N-dealkylation sites (tertiary alicyclic amines) is 1. The molecule has 2 aromatic rings. The second-order valence-corrected chi connectivity index (χ2v) is 12.6. The molecule has 0 radical (unpaired) electrons. The number of phenolic OH excluding ortho intramolecular Hbond substituents is 1. The standard InChI is InChI=1S/C33H37F3N2O4/c1-4-16-37-17-15-31-28-22-8-11-25(39)29(28)42-30(31)24(13-14-32(31,41)26(37)18-22)38(19-20(2)3)27(40)12-7-21-5-9-23(10-6-21)33(34,35)36/h4-12,20,24,26,30,39,41H,1,13-19H2,2-3H3/t24-,26-,30+,31+,32-/m1/s1. The third-order valence-corrected chi connectivity index (χ3v) is 9.81. The van der Waals surface area contributed by atoms with Crippen LogP contribution in [0.25, 0.3) is 6.08 Å². The molecule has 5 atom stereocenters. The monoisotopic (exact) mass is 582 g/mol. The Morgan fingerprint density at radius 3 is 2.62 bits per heavy atom. The Morgan fingerprint density at radius 1 is 1.21 bits per heavy atom. The van der Waals surface area contributed by atoms with Crippen molar-refractivity contribution < 1.29 is 32.9 Å². The summed E-state index contributed by atoms with van der Waals surface area (Å²) in [7, 11) is 0. The summed E-state index contributed by atoms with van der Waals surface area (Å²) < 4.78 is 45.6. The number of aromatic hydroxyl groups is 1. The van der Waals surface area contributed by atoms with Crippen molar-refractivity contribution in [3.05, 3.63) is 77.4 Å². The molecular weight excluding hydrogens is 545 g/mol. The van der Waals surface area contributed by atoms with Gasteiger partial charge in [0.15, 0.2) is 11.5 Å². The minimum Gasteiger partial charge on any atom is -0.504 e. The zero-order valence-corrected chi connectivity index (χ0v) is 23.9. The van der Waals surface area contributed by atoms with Crippen molar-refractivity contribution in [3.63, 3.8) is 0 Å². The highest BCUT2D eigenvalue weighted by Gasteiger charge is 2.73. The first-order chi connectivity index (χ1) is 19.9. The highest BCUT2D eigenvalue weighted by molar-refractivity contribution is 5.92. The van der Waals surface area contributed by atoms with Crippen LogP contribution in [-0.2, 0) is 22.8 Å². The Labute approximate surface area is 244 Å². The fourth-order valence-corrected chi connectivity index (χ4v) is 8.14. The lowest BCUT2D eigenvalue weighted by Gasteiger charge is -2.64. The number of phenols is 1. The number of alkyl halides is 3. The van der Waals surface area contributed by atoms with Gasteiger partial charge in [-0.05, 0) is 73.5 Å². The summed E-state index contributed by atoms with van der Waals surface area (Å²) in [6.45, 7) is 9.80. The molecular formula is C33H37F3N2O4. The number of nitrogens with zero attached hydrogens (tertiary/aromatic N) is 2. The molecule has 2 aromatic carbocycles. The number of ether oxygens (including phenoxy) is 1. The van der Waals surface area contributed by atoms with E-state index in [1.807, 2.05) is 26.0 Å². The highest BCUT2D eigenvalue weighted by atomic mass is 19.4. The summed E-state index contributed by atoms with van der Waals surface area (Å²) in [5.74, 6) is 0.314. The maximum atomic E-state index is 13.8. The quantitative estimate of drug-likeness (QED) is 0.342. The zero-order valence-electron chi connectivity index (χ0n) is 23.9. The van der Waals surface area contributed by atoms with Crippen LogP contribution < -0.4 is 4.74 Å². The van der Waals surface area contributed by atoms with Crippen molar-refractivity contribution >= 4 is 12.0 Å². The Hall–Kier alpha value is -3.30. The molecule has 2 heterocycles. The van der Waals surface area contributed by atoms with Crippen molar-refractivity contribution in [2.45, 2.75) is 74.9 Å². The van der Waals surface area contributed by atoms with E-state index >= 15 is 0 Å². The van der Waals surface area contributed by atoms with Crippen LogP contribution in [0, 0.1) is 5.92 Å². The summed E-state index contributed by atoms with van der Waals surface area (Å²) >= 11 is 0. The van der Waals surface area contributed by atoms with Crippen LogP contribution in [0.15, 0.2) is 55.1 Å². The van der Waals surface area contributed by atoms with Crippen molar-refractivity contribution in [2.75, 3.05) is 19.6 Å². The van der Waals surface area contributed by atoms with Crippen LogP contribution in [0.5, 0.6) is 11.5 Å². The molecule has 2 fully saturated rings. The molecule has 2 bridgehead atoms. The van der Waals surface area contributed by atoms with Gasteiger partial charge < -0.3 is 19.8 Å². The molecule has 1 saturated heterocycles. The molecule has 0 aromatic heterocycles. The lowest BCUT2D eigenvalue weighted by atomic mass is 9.48. The largest absolute Gasteiger partial charge is 0.504 e. The molecule has 1 spiro atoms. The fourth-order valence-electron chi connectivity index (χ4n) is 8.14. The van der Waals surface area contributed by atoms with Gasteiger partial charge in [0.25, 0.3) is 0 Å².